The Morgan fingerprint density at radius 3 is 2.60 bits per heavy atom. The van der Waals surface area contributed by atoms with Crippen LogP contribution in [0.2, 0.25) is 5.02 Å². The van der Waals surface area contributed by atoms with E-state index in [1.807, 2.05) is 6.07 Å². The van der Waals surface area contributed by atoms with Crippen LogP contribution in [0.1, 0.15) is 0 Å². The van der Waals surface area contributed by atoms with Gasteiger partial charge in [0, 0.05) is 13.1 Å². The number of pyridine rings is 1. The summed E-state index contributed by atoms with van der Waals surface area (Å²) in [6, 6.07) is 1.91. The Morgan fingerprint density at radius 2 is 1.95 bits per heavy atom. The fourth-order valence-electron chi connectivity index (χ4n) is 2.15. The monoisotopic (exact) mass is 294 g/mol. The van der Waals surface area contributed by atoms with Gasteiger partial charge in [-0.15, -0.1) is 0 Å². The third-order valence-electron chi connectivity index (χ3n) is 3.25. The van der Waals surface area contributed by atoms with E-state index < -0.39 is 0 Å². The fourth-order valence-corrected chi connectivity index (χ4v) is 2.27. The van der Waals surface area contributed by atoms with Gasteiger partial charge in [0.1, 0.15) is 22.3 Å². The summed E-state index contributed by atoms with van der Waals surface area (Å²) < 4.78 is 6.84. The van der Waals surface area contributed by atoms with E-state index in [1.165, 1.54) is 10.9 Å². The highest BCUT2D eigenvalue weighted by molar-refractivity contribution is 6.32. The molecule has 2 aromatic rings. The predicted octanol–water partition coefficient (Wildman–Crippen LogP) is 0.922. The average Bonchev–Trinajstić information content (AvgIpc) is 2.81. The van der Waals surface area contributed by atoms with Gasteiger partial charge in [0.05, 0.1) is 31.3 Å². The van der Waals surface area contributed by atoms with Crippen LogP contribution in [0.4, 0.5) is 17.3 Å². The fraction of sp³-hybridized carbons (Fsp3) is 0.333. The molecule has 2 aromatic heterocycles. The average molecular weight is 295 g/mol. The summed E-state index contributed by atoms with van der Waals surface area (Å²) in [7, 11) is 0. The van der Waals surface area contributed by atoms with E-state index >= 15 is 0 Å². The van der Waals surface area contributed by atoms with E-state index in [0.29, 0.717) is 35.6 Å². The topological polar surface area (TPSA) is 95.2 Å². The highest BCUT2D eigenvalue weighted by Gasteiger charge is 2.16. The second kappa shape index (κ2) is 5.18. The molecule has 0 bridgehead atoms. The molecule has 1 aliphatic heterocycles. The minimum atomic E-state index is 0.347. The van der Waals surface area contributed by atoms with E-state index in [4.69, 9.17) is 27.8 Å². The molecule has 20 heavy (non-hydrogen) atoms. The molecule has 1 aliphatic rings. The Bertz CT molecular complexity index is 622. The summed E-state index contributed by atoms with van der Waals surface area (Å²) in [5.41, 5.74) is 13.4. The Morgan fingerprint density at radius 1 is 1.20 bits per heavy atom. The lowest BCUT2D eigenvalue weighted by atomic mass is 10.3. The van der Waals surface area contributed by atoms with Gasteiger partial charge >= 0.3 is 0 Å². The Labute approximate surface area is 121 Å². The van der Waals surface area contributed by atoms with Crippen LogP contribution in [0.5, 0.6) is 0 Å². The minimum absolute atomic E-state index is 0.347. The van der Waals surface area contributed by atoms with E-state index in [2.05, 4.69) is 15.0 Å². The molecule has 1 saturated heterocycles. The highest BCUT2D eigenvalue weighted by Crippen LogP contribution is 2.27. The number of morpholine rings is 1. The van der Waals surface area contributed by atoms with Crippen LogP contribution in [0, 0.1) is 0 Å². The number of rotatable bonds is 2. The molecule has 0 amide bonds. The lowest BCUT2D eigenvalue weighted by molar-refractivity contribution is 0.122. The van der Waals surface area contributed by atoms with Crippen LogP contribution in [0.3, 0.4) is 0 Å². The zero-order chi connectivity index (χ0) is 14.1. The Balaban J connectivity index is 2.00. The molecule has 3 heterocycles. The van der Waals surface area contributed by atoms with Crippen LogP contribution < -0.4 is 16.4 Å². The number of aromatic nitrogens is 3. The smallest absolute Gasteiger partial charge is 0.149 e. The van der Waals surface area contributed by atoms with Gasteiger partial charge in [0.15, 0.2) is 0 Å². The predicted molar refractivity (Wildman–Crippen MR) is 78.2 cm³/mol. The molecule has 3 rings (SSSR count). The molecule has 8 heteroatoms. The van der Waals surface area contributed by atoms with Gasteiger partial charge in [-0.3, -0.25) is 0 Å². The van der Waals surface area contributed by atoms with E-state index in [1.54, 1.807) is 6.20 Å². The van der Waals surface area contributed by atoms with Crippen molar-refractivity contribution in [1.82, 2.24) is 14.8 Å². The maximum absolute atomic E-state index is 5.92. The second-order valence-electron chi connectivity index (χ2n) is 4.49. The van der Waals surface area contributed by atoms with Crippen molar-refractivity contribution in [2.24, 2.45) is 0 Å². The summed E-state index contributed by atoms with van der Waals surface area (Å²) in [5.74, 6) is 0.702. The van der Waals surface area contributed by atoms with E-state index in [0.717, 1.165) is 18.8 Å². The van der Waals surface area contributed by atoms with Gasteiger partial charge in [-0.2, -0.15) is 5.10 Å². The molecule has 1 fully saturated rings. The van der Waals surface area contributed by atoms with Crippen LogP contribution in [-0.4, -0.2) is 41.1 Å². The van der Waals surface area contributed by atoms with Crippen molar-refractivity contribution in [2.75, 3.05) is 42.7 Å². The first-order valence-electron chi connectivity index (χ1n) is 6.24. The number of nitrogens with zero attached hydrogens (tertiary/aromatic N) is 4. The largest absolute Gasteiger partial charge is 0.382 e. The van der Waals surface area contributed by atoms with Crippen LogP contribution in [-0.2, 0) is 4.74 Å². The summed E-state index contributed by atoms with van der Waals surface area (Å²) in [6.45, 7) is 3.05. The maximum atomic E-state index is 5.92. The summed E-state index contributed by atoms with van der Waals surface area (Å²) in [6.07, 6.45) is 3.23. The van der Waals surface area contributed by atoms with Crippen molar-refractivity contribution in [1.29, 1.82) is 0 Å². The first-order valence-corrected chi connectivity index (χ1v) is 6.62. The molecule has 0 radical (unpaired) electrons. The Kier molecular flexibility index (Phi) is 3.37. The number of hydrogen-bond donors (Lipinski definition) is 2. The molecule has 7 nitrogen and oxygen atoms in total. The van der Waals surface area contributed by atoms with E-state index in [9.17, 15) is 0 Å². The van der Waals surface area contributed by atoms with Gasteiger partial charge in [0.25, 0.3) is 0 Å². The zero-order valence-corrected chi connectivity index (χ0v) is 11.5. The number of nitrogen functional groups attached to an aromatic ring is 2. The van der Waals surface area contributed by atoms with Crippen molar-refractivity contribution >= 4 is 28.9 Å². The number of nitrogens with two attached hydrogens (primary N) is 2. The van der Waals surface area contributed by atoms with Gasteiger partial charge in [-0.1, -0.05) is 11.6 Å². The summed E-state index contributed by atoms with van der Waals surface area (Å²) in [4.78, 5) is 6.40. The second-order valence-corrected chi connectivity index (χ2v) is 4.89. The zero-order valence-electron chi connectivity index (χ0n) is 10.8. The quantitative estimate of drug-likeness (QED) is 0.855. The molecule has 0 aromatic carbocycles. The molecular weight excluding hydrogens is 280 g/mol. The minimum Gasteiger partial charge on any atom is -0.382 e. The first-order chi connectivity index (χ1) is 9.66. The molecule has 4 N–H and O–H groups in total. The van der Waals surface area contributed by atoms with Crippen molar-refractivity contribution in [3.05, 3.63) is 23.5 Å². The number of ether oxygens (including phenoxy) is 1. The molecule has 0 aliphatic carbocycles. The Hall–Kier alpha value is -1.99. The molecule has 0 unspecified atom stereocenters. The van der Waals surface area contributed by atoms with Gasteiger partial charge in [-0.05, 0) is 6.07 Å². The summed E-state index contributed by atoms with van der Waals surface area (Å²) >= 11 is 5.92. The molecular formula is C12H15ClN6O. The van der Waals surface area contributed by atoms with Gasteiger partial charge in [0.2, 0.25) is 0 Å². The van der Waals surface area contributed by atoms with Crippen LogP contribution in [0.25, 0.3) is 5.69 Å². The summed E-state index contributed by atoms with van der Waals surface area (Å²) in [5, 5.41) is 4.52. The van der Waals surface area contributed by atoms with Crippen LogP contribution in [0.15, 0.2) is 18.5 Å². The highest BCUT2D eigenvalue weighted by atomic mass is 35.5. The standard InChI is InChI=1S/C12H15ClN6O/c13-9-7-17-19(12(9)15)10-5-8(6-16-11(10)14)18-1-3-20-4-2-18/h5-7H,1-4,15H2,(H2,14,16). The van der Waals surface area contributed by atoms with Gasteiger partial charge in [-0.25, -0.2) is 9.67 Å². The third kappa shape index (κ3) is 2.25. The van der Waals surface area contributed by atoms with E-state index in [-0.39, 0.29) is 0 Å². The number of halogens is 1. The van der Waals surface area contributed by atoms with Gasteiger partial charge < -0.3 is 21.1 Å². The number of hydrogen-bond acceptors (Lipinski definition) is 6. The first kappa shape index (κ1) is 13.0. The molecule has 106 valence electrons. The molecule has 0 spiro atoms. The van der Waals surface area contributed by atoms with Crippen molar-refractivity contribution in [3.8, 4) is 5.69 Å². The van der Waals surface area contributed by atoms with Crippen molar-refractivity contribution in [3.63, 3.8) is 0 Å². The lowest BCUT2D eigenvalue weighted by Gasteiger charge is -2.29. The van der Waals surface area contributed by atoms with Crippen molar-refractivity contribution in [2.45, 2.75) is 0 Å². The maximum Gasteiger partial charge on any atom is 0.149 e. The third-order valence-corrected chi connectivity index (χ3v) is 3.54. The number of anilines is 3. The molecule has 0 saturated carbocycles. The van der Waals surface area contributed by atoms with Crippen molar-refractivity contribution < 1.29 is 4.74 Å². The normalized spacial score (nSPS) is 15.6. The SMILES string of the molecule is Nc1ncc(N2CCOCC2)cc1-n1ncc(Cl)c1N. The molecule has 0 atom stereocenters. The van der Waals surface area contributed by atoms with Crippen LogP contribution >= 0.6 is 11.6 Å². The lowest BCUT2D eigenvalue weighted by Crippen LogP contribution is -2.36.